The Labute approximate surface area is 79.7 Å². The summed E-state index contributed by atoms with van der Waals surface area (Å²) >= 11 is 3.24. The number of nitrogens with zero attached hydrogens (tertiary/aromatic N) is 2. The molecule has 0 amide bonds. The van der Waals surface area contributed by atoms with E-state index in [1.165, 1.54) is 6.33 Å². The van der Waals surface area contributed by atoms with E-state index in [1.54, 1.807) is 13.0 Å². The van der Waals surface area contributed by atoms with Crippen molar-refractivity contribution >= 4 is 21.7 Å². The molecule has 0 aliphatic heterocycles. The van der Waals surface area contributed by atoms with E-state index in [1.807, 2.05) is 0 Å². The molecule has 62 valence electrons. The molecule has 0 saturated heterocycles. The second-order valence-corrected chi connectivity index (χ2v) is 2.82. The molecule has 0 aliphatic carbocycles. The predicted octanol–water partition coefficient (Wildman–Crippen LogP) is 1.67. The average Bonchev–Trinajstić information content (AvgIpc) is 2.05. The molecule has 4 heteroatoms. The normalized spacial score (nSPS) is 8.50. The summed E-state index contributed by atoms with van der Waals surface area (Å²) in [6.45, 7) is 2.41. The lowest BCUT2D eigenvalue weighted by Gasteiger charge is -1.99. The van der Waals surface area contributed by atoms with Crippen LogP contribution < -0.4 is 5.32 Å². The summed E-state index contributed by atoms with van der Waals surface area (Å²) in [5, 5.41) is 3.03. The van der Waals surface area contributed by atoms with Crippen molar-refractivity contribution in [1.82, 2.24) is 9.97 Å². The summed E-state index contributed by atoms with van der Waals surface area (Å²) < 4.78 is 0.768. The molecule has 1 rings (SSSR count). The highest BCUT2D eigenvalue weighted by atomic mass is 79.9. The third kappa shape index (κ3) is 2.89. The standard InChI is InChI=1S/C8H8BrN3/c1-2-3-4-10-8-5-7(9)11-6-12-8/h5-6H,4H2,1H3,(H,10,11,12). The van der Waals surface area contributed by atoms with Crippen molar-refractivity contribution in [2.75, 3.05) is 11.9 Å². The van der Waals surface area contributed by atoms with Crippen LogP contribution in [0.1, 0.15) is 6.92 Å². The summed E-state index contributed by atoms with van der Waals surface area (Å²) in [5.41, 5.74) is 0. The van der Waals surface area contributed by atoms with Crippen molar-refractivity contribution in [3.05, 3.63) is 17.0 Å². The Kier molecular flexibility index (Phi) is 3.55. The zero-order valence-corrected chi connectivity index (χ0v) is 8.22. The fourth-order valence-corrected chi connectivity index (χ4v) is 0.962. The Morgan fingerprint density at radius 2 is 2.42 bits per heavy atom. The number of nitrogens with one attached hydrogen (secondary N) is 1. The van der Waals surface area contributed by atoms with Crippen molar-refractivity contribution < 1.29 is 0 Å². The zero-order chi connectivity index (χ0) is 8.81. The van der Waals surface area contributed by atoms with Gasteiger partial charge in [0, 0.05) is 6.07 Å². The van der Waals surface area contributed by atoms with Crippen molar-refractivity contribution in [2.45, 2.75) is 6.92 Å². The van der Waals surface area contributed by atoms with Crippen LogP contribution in [0.5, 0.6) is 0 Å². The van der Waals surface area contributed by atoms with Gasteiger partial charge in [-0.25, -0.2) is 9.97 Å². The van der Waals surface area contributed by atoms with E-state index in [9.17, 15) is 0 Å². The molecular weight excluding hydrogens is 218 g/mol. The lowest BCUT2D eigenvalue weighted by molar-refractivity contribution is 1.12. The van der Waals surface area contributed by atoms with Gasteiger partial charge in [-0.15, -0.1) is 5.92 Å². The van der Waals surface area contributed by atoms with Gasteiger partial charge in [-0.05, 0) is 22.9 Å². The molecular formula is C8H8BrN3. The summed E-state index contributed by atoms with van der Waals surface area (Å²) in [6.07, 6.45) is 1.49. The second kappa shape index (κ2) is 4.73. The lowest BCUT2D eigenvalue weighted by Crippen LogP contribution is -2.00. The first-order valence-electron chi connectivity index (χ1n) is 3.44. The van der Waals surface area contributed by atoms with E-state index < -0.39 is 0 Å². The van der Waals surface area contributed by atoms with Gasteiger partial charge in [0.1, 0.15) is 16.7 Å². The van der Waals surface area contributed by atoms with E-state index in [4.69, 9.17) is 0 Å². The SMILES string of the molecule is CC#CCNc1cc(Br)ncn1. The monoisotopic (exact) mass is 225 g/mol. The van der Waals surface area contributed by atoms with Crippen molar-refractivity contribution in [3.63, 3.8) is 0 Å². The highest BCUT2D eigenvalue weighted by molar-refractivity contribution is 9.10. The van der Waals surface area contributed by atoms with E-state index in [-0.39, 0.29) is 0 Å². The van der Waals surface area contributed by atoms with Crippen molar-refractivity contribution in [3.8, 4) is 11.8 Å². The van der Waals surface area contributed by atoms with E-state index in [0.717, 1.165) is 10.4 Å². The van der Waals surface area contributed by atoms with Crippen molar-refractivity contribution in [2.24, 2.45) is 0 Å². The summed E-state index contributed by atoms with van der Waals surface area (Å²) in [4.78, 5) is 7.89. The number of hydrogen-bond donors (Lipinski definition) is 1. The van der Waals surface area contributed by atoms with E-state index in [2.05, 4.69) is 43.1 Å². The number of anilines is 1. The second-order valence-electron chi connectivity index (χ2n) is 2.01. The molecule has 0 spiro atoms. The maximum Gasteiger partial charge on any atom is 0.131 e. The number of halogens is 1. The van der Waals surface area contributed by atoms with Gasteiger partial charge in [-0.3, -0.25) is 0 Å². The van der Waals surface area contributed by atoms with Gasteiger partial charge in [0.25, 0.3) is 0 Å². The zero-order valence-electron chi connectivity index (χ0n) is 6.63. The van der Waals surface area contributed by atoms with Crippen LogP contribution in [0, 0.1) is 11.8 Å². The Morgan fingerprint density at radius 3 is 3.08 bits per heavy atom. The van der Waals surface area contributed by atoms with Gasteiger partial charge in [-0.2, -0.15) is 0 Å². The molecule has 1 N–H and O–H groups in total. The van der Waals surface area contributed by atoms with Gasteiger partial charge in [0.2, 0.25) is 0 Å². The Hall–Kier alpha value is -1.08. The van der Waals surface area contributed by atoms with Crippen LogP contribution in [-0.4, -0.2) is 16.5 Å². The Balaban J connectivity index is 2.55. The third-order valence-corrected chi connectivity index (χ3v) is 1.60. The molecule has 0 aliphatic rings. The first-order chi connectivity index (χ1) is 5.83. The van der Waals surface area contributed by atoms with Crippen LogP contribution in [0.3, 0.4) is 0 Å². The topological polar surface area (TPSA) is 37.8 Å². The minimum Gasteiger partial charge on any atom is -0.359 e. The van der Waals surface area contributed by atoms with Crippen LogP contribution in [-0.2, 0) is 0 Å². The number of rotatable bonds is 2. The Bertz CT molecular complexity index is 314. The summed E-state index contributed by atoms with van der Waals surface area (Å²) in [7, 11) is 0. The third-order valence-electron chi connectivity index (χ3n) is 1.17. The minimum absolute atomic E-state index is 0.611. The molecule has 12 heavy (non-hydrogen) atoms. The van der Waals surface area contributed by atoms with E-state index >= 15 is 0 Å². The average molecular weight is 226 g/mol. The molecule has 0 radical (unpaired) electrons. The highest BCUT2D eigenvalue weighted by Gasteiger charge is 1.92. The number of hydrogen-bond acceptors (Lipinski definition) is 3. The van der Waals surface area contributed by atoms with Gasteiger partial charge in [0.05, 0.1) is 6.54 Å². The highest BCUT2D eigenvalue weighted by Crippen LogP contribution is 2.08. The van der Waals surface area contributed by atoms with Crippen LogP contribution >= 0.6 is 15.9 Å². The van der Waals surface area contributed by atoms with Gasteiger partial charge >= 0.3 is 0 Å². The Morgan fingerprint density at radius 1 is 1.58 bits per heavy atom. The molecule has 0 saturated carbocycles. The van der Waals surface area contributed by atoms with Gasteiger partial charge < -0.3 is 5.32 Å². The maximum absolute atomic E-state index is 3.99. The number of aromatic nitrogens is 2. The van der Waals surface area contributed by atoms with E-state index in [0.29, 0.717) is 6.54 Å². The molecule has 1 aromatic heterocycles. The molecule has 0 fully saturated rings. The molecule has 3 nitrogen and oxygen atoms in total. The molecule has 0 atom stereocenters. The fraction of sp³-hybridized carbons (Fsp3) is 0.250. The maximum atomic E-state index is 3.99. The van der Waals surface area contributed by atoms with Crippen LogP contribution in [0.15, 0.2) is 17.0 Å². The summed E-state index contributed by atoms with van der Waals surface area (Å²) in [5.74, 6) is 6.44. The van der Waals surface area contributed by atoms with Gasteiger partial charge in [-0.1, -0.05) is 5.92 Å². The first kappa shape index (κ1) is 9.01. The van der Waals surface area contributed by atoms with Crippen LogP contribution in [0.4, 0.5) is 5.82 Å². The lowest BCUT2D eigenvalue weighted by atomic mass is 10.5. The fourth-order valence-electron chi connectivity index (χ4n) is 0.653. The molecule has 1 aromatic rings. The van der Waals surface area contributed by atoms with Crippen molar-refractivity contribution in [1.29, 1.82) is 0 Å². The molecule has 0 unspecified atom stereocenters. The molecule has 0 bridgehead atoms. The quantitative estimate of drug-likeness (QED) is 0.615. The predicted molar refractivity (Wildman–Crippen MR) is 51.7 cm³/mol. The molecule has 0 aromatic carbocycles. The van der Waals surface area contributed by atoms with Crippen LogP contribution in [0.25, 0.3) is 0 Å². The largest absolute Gasteiger partial charge is 0.359 e. The summed E-state index contributed by atoms with van der Waals surface area (Å²) in [6, 6.07) is 1.80. The van der Waals surface area contributed by atoms with Gasteiger partial charge in [0.15, 0.2) is 0 Å². The first-order valence-corrected chi connectivity index (χ1v) is 4.23. The minimum atomic E-state index is 0.611. The smallest absolute Gasteiger partial charge is 0.131 e. The molecule has 1 heterocycles. The van der Waals surface area contributed by atoms with Crippen LogP contribution in [0.2, 0.25) is 0 Å².